The molecule has 1 heterocycles. The van der Waals surface area contributed by atoms with Crippen molar-refractivity contribution in [2.75, 3.05) is 25.0 Å². The molecule has 1 saturated heterocycles. The van der Waals surface area contributed by atoms with Gasteiger partial charge in [0.05, 0.1) is 0 Å². The Bertz CT molecular complexity index is 439. The molecule has 1 aromatic carbocycles. The lowest BCUT2D eigenvalue weighted by Gasteiger charge is -2.31. The molecule has 1 aliphatic heterocycles. The van der Waals surface area contributed by atoms with Crippen LogP contribution in [0, 0.1) is 0 Å². The van der Waals surface area contributed by atoms with Gasteiger partial charge in [0.2, 0.25) is 0 Å². The Hall–Kier alpha value is -1.84. The zero-order valence-electron chi connectivity index (χ0n) is 10.1. The average Bonchev–Trinajstić information content (AvgIpc) is 2.36. The maximum absolute atomic E-state index is 11.8. The number of piperazine rings is 1. The summed E-state index contributed by atoms with van der Waals surface area (Å²) < 4.78 is 0. The molecule has 0 atom stereocenters. The molecule has 1 fully saturated rings. The molecule has 90 valence electrons. The van der Waals surface area contributed by atoms with Crippen molar-refractivity contribution in [1.82, 2.24) is 4.90 Å². The van der Waals surface area contributed by atoms with Gasteiger partial charge >= 0.3 is 11.8 Å². The minimum atomic E-state index is -0.442. The quantitative estimate of drug-likeness (QED) is 0.715. The zero-order chi connectivity index (χ0) is 12.4. The summed E-state index contributed by atoms with van der Waals surface area (Å²) in [5, 5.41) is 0. The van der Waals surface area contributed by atoms with Crippen LogP contribution < -0.4 is 4.90 Å². The van der Waals surface area contributed by atoms with E-state index in [-0.39, 0.29) is 0 Å². The number of anilines is 1. The standard InChI is InChI=1S/C13H16N2O2/c1-3-10-4-6-11(7-5-10)15-9-8-14(2)12(16)13(15)17/h4-7H,3,8-9H2,1-2H3. The van der Waals surface area contributed by atoms with Gasteiger partial charge in [-0.1, -0.05) is 19.1 Å². The number of amides is 2. The minimum Gasteiger partial charge on any atom is -0.336 e. The van der Waals surface area contributed by atoms with Crippen molar-refractivity contribution in [2.45, 2.75) is 13.3 Å². The lowest BCUT2D eigenvalue weighted by Crippen LogP contribution is -2.53. The van der Waals surface area contributed by atoms with Crippen LogP contribution in [0.5, 0.6) is 0 Å². The fourth-order valence-electron chi connectivity index (χ4n) is 1.89. The highest BCUT2D eigenvalue weighted by atomic mass is 16.2. The second-order valence-electron chi connectivity index (χ2n) is 4.20. The number of likely N-dealkylation sites (N-methyl/N-ethyl adjacent to an activating group) is 1. The summed E-state index contributed by atoms with van der Waals surface area (Å²) >= 11 is 0. The Morgan fingerprint density at radius 2 is 1.71 bits per heavy atom. The Morgan fingerprint density at radius 1 is 1.06 bits per heavy atom. The second-order valence-corrected chi connectivity index (χ2v) is 4.20. The molecule has 0 saturated carbocycles. The third-order valence-corrected chi connectivity index (χ3v) is 3.09. The van der Waals surface area contributed by atoms with E-state index >= 15 is 0 Å². The first-order valence-corrected chi connectivity index (χ1v) is 5.79. The van der Waals surface area contributed by atoms with Crippen LogP contribution in [0.1, 0.15) is 12.5 Å². The molecule has 0 aromatic heterocycles. The predicted molar refractivity (Wildman–Crippen MR) is 65.8 cm³/mol. The molecule has 4 heteroatoms. The maximum atomic E-state index is 11.8. The molecule has 17 heavy (non-hydrogen) atoms. The fraction of sp³-hybridized carbons (Fsp3) is 0.385. The average molecular weight is 232 g/mol. The predicted octanol–water partition coefficient (Wildman–Crippen LogP) is 1.05. The molecule has 0 radical (unpaired) electrons. The van der Waals surface area contributed by atoms with Crippen molar-refractivity contribution < 1.29 is 9.59 Å². The van der Waals surface area contributed by atoms with E-state index in [9.17, 15) is 9.59 Å². The summed E-state index contributed by atoms with van der Waals surface area (Å²) in [6.07, 6.45) is 0.968. The van der Waals surface area contributed by atoms with Gasteiger partial charge in [0, 0.05) is 25.8 Å². The number of benzene rings is 1. The van der Waals surface area contributed by atoms with Crippen LogP contribution in [0.3, 0.4) is 0 Å². The van der Waals surface area contributed by atoms with E-state index in [1.807, 2.05) is 24.3 Å². The largest absolute Gasteiger partial charge is 0.336 e. The number of carbonyl (C=O) groups excluding carboxylic acids is 2. The van der Waals surface area contributed by atoms with Gasteiger partial charge in [-0.2, -0.15) is 0 Å². The lowest BCUT2D eigenvalue weighted by atomic mass is 10.1. The second kappa shape index (κ2) is 4.57. The smallest absolute Gasteiger partial charge is 0.316 e. The van der Waals surface area contributed by atoms with Gasteiger partial charge < -0.3 is 9.80 Å². The van der Waals surface area contributed by atoms with E-state index in [0.717, 1.165) is 12.1 Å². The van der Waals surface area contributed by atoms with Gasteiger partial charge in [-0.05, 0) is 24.1 Å². The van der Waals surface area contributed by atoms with Crippen molar-refractivity contribution in [1.29, 1.82) is 0 Å². The summed E-state index contributed by atoms with van der Waals surface area (Å²) in [7, 11) is 1.65. The van der Waals surface area contributed by atoms with E-state index in [1.165, 1.54) is 10.5 Å². The maximum Gasteiger partial charge on any atom is 0.316 e. The van der Waals surface area contributed by atoms with Gasteiger partial charge in [-0.15, -0.1) is 0 Å². The molecule has 0 aliphatic carbocycles. The highest BCUT2D eigenvalue weighted by Crippen LogP contribution is 2.18. The third kappa shape index (κ3) is 2.16. The van der Waals surface area contributed by atoms with Crippen LogP contribution in [0.4, 0.5) is 5.69 Å². The van der Waals surface area contributed by atoms with Crippen LogP contribution in [0.25, 0.3) is 0 Å². The van der Waals surface area contributed by atoms with Crippen molar-refractivity contribution >= 4 is 17.5 Å². The number of rotatable bonds is 2. The fourth-order valence-corrected chi connectivity index (χ4v) is 1.89. The molecule has 2 rings (SSSR count). The molecule has 1 aliphatic rings. The molecule has 0 spiro atoms. The molecule has 1 aromatic rings. The Kier molecular flexibility index (Phi) is 3.13. The van der Waals surface area contributed by atoms with Crippen LogP contribution >= 0.6 is 0 Å². The Morgan fingerprint density at radius 3 is 2.29 bits per heavy atom. The molecule has 0 unspecified atom stereocenters. The molecular formula is C13H16N2O2. The molecule has 2 amide bonds. The van der Waals surface area contributed by atoms with Gasteiger partial charge in [0.25, 0.3) is 0 Å². The number of aryl methyl sites for hydroxylation is 1. The normalized spacial score (nSPS) is 16.6. The van der Waals surface area contributed by atoms with E-state index < -0.39 is 11.8 Å². The minimum absolute atomic E-state index is 0.434. The van der Waals surface area contributed by atoms with Crippen molar-refractivity contribution in [3.63, 3.8) is 0 Å². The summed E-state index contributed by atoms with van der Waals surface area (Å²) in [5.74, 6) is -0.876. The van der Waals surface area contributed by atoms with E-state index in [4.69, 9.17) is 0 Å². The molecule has 0 N–H and O–H groups in total. The first kappa shape index (κ1) is 11.6. The summed E-state index contributed by atoms with van der Waals surface area (Å²) in [4.78, 5) is 26.4. The first-order chi connectivity index (χ1) is 8.13. The number of carbonyl (C=O) groups is 2. The van der Waals surface area contributed by atoms with Gasteiger partial charge in [-0.3, -0.25) is 9.59 Å². The summed E-state index contributed by atoms with van der Waals surface area (Å²) in [6, 6.07) is 7.78. The van der Waals surface area contributed by atoms with Gasteiger partial charge in [0.1, 0.15) is 0 Å². The van der Waals surface area contributed by atoms with Gasteiger partial charge in [-0.25, -0.2) is 0 Å². The van der Waals surface area contributed by atoms with E-state index in [0.29, 0.717) is 13.1 Å². The highest BCUT2D eigenvalue weighted by Gasteiger charge is 2.30. The number of hydrogen-bond donors (Lipinski definition) is 0. The molecular weight excluding hydrogens is 216 g/mol. The van der Waals surface area contributed by atoms with Crippen molar-refractivity contribution in [3.05, 3.63) is 29.8 Å². The number of hydrogen-bond acceptors (Lipinski definition) is 2. The molecule has 0 bridgehead atoms. The Balaban J connectivity index is 2.22. The SMILES string of the molecule is CCc1ccc(N2CCN(C)C(=O)C2=O)cc1. The third-order valence-electron chi connectivity index (χ3n) is 3.09. The van der Waals surface area contributed by atoms with E-state index in [2.05, 4.69) is 6.92 Å². The van der Waals surface area contributed by atoms with E-state index in [1.54, 1.807) is 11.9 Å². The summed E-state index contributed by atoms with van der Waals surface area (Å²) in [6.45, 7) is 3.23. The van der Waals surface area contributed by atoms with Crippen LogP contribution in [-0.4, -0.2) is 36.9 Å². The summed E-state index contributed by atoms with van der Waals surface area (Å²) in [5.41, 5.74) is 2.02. The Labute approximate surface area is 101 Å². The van der Waals surface area contributed by atoms with Crippen molar-refractivity contribution in [2.24, 2.45) is 0 Å². The van der Waals surface area contributed by atoms with Crippen LogP contribution in [0.15, 0.2) is 24.3 Å². The van der Waals surface area contributed by atoms with Crippen LogP contribution in [-0.2, 0) is 16.0 Å². The monoisotopic (exact) mass is 232 g/mol. The van der Waals surface area contributed by atoms with Crippen LogP contribution in [0.2, 0.25) is 0 Å². The lowest BCUT2D eigenvalue weighted by molar-refractivity contribution is -0.145. The topological polar surface area (TPSA) is 40.6 Å². The zero-order valence-corrected chi connectivity index (χ0v) is 10.1. The van der Waals surface area contributed by atoms with Crippen molar-refractivity contribution in [3.8, 4) is 0 Å². The van der Waals surface area contributed by atoms with Gasteiger partial charge in [0.15, 0.2) is 0 Å². The molecule has 4 nitrogen and oxygen atoms in total. The number of nitrogens with zero attached hydrogens (tertiary/aromatic N) is 2. The first-order valence-electron chi connectivity index (χ1n) is 5.79. The highest BCUT2D eigenvalue weighted by molar-refractivity contribution is 6.40.